The summed E-state index contributed by atoms with van der Waals surface area (Å²) in [4.78, 5) is 36.7. The molecule has 2 heterocycles. The molecule has 1 fully saturated rings. The molecule has 0 aromatic carbocycles. The Morgan fingerprint density at radius 3 is 2.63 bits per heavy atom. The van der Waals surface area contributed by atoms with Gasteiger partial charge in [-0.1, -0.05) is 20.8 Å². The quantitative estimate of drug-likeness (QED) is 0.427. The molecule has 0 amide bonds. The summed E-state index contributed by atoms with van der Waals surface area (Å²) in [5.74, 6) is 0. The first-order valence-corrected chi connectivity index (χ1v) is 12.0. The lowest BCUT2D eigenvalue weighted by atomic mass is 10.2. The molecule has 1 saturated heterocycles. The number of aromatic amines is 1. The number of rotatable bonds is 7. The van der Waals surface area contributed by atoms with Crippen LogP contribution in [0.15, 0.2) is 15.8 Å². The summed E-state index contributed by atoms with van der Waals surface area (Å²) in [6, 6.07) is 0. The van der Waals surface area contributed by atoms with Crippen LogP contribution in [0.1, 0.15) is 39.0 Å². The normalized spacial score (nSPS) is 23.6. The number of aryl methyl sites for hydroxylation is 1. The van der Waals surface area contributed by atoms with Crippen LogP contribution >= 0.6 is 0 Å². The number of ether oxygens (including phenoxy) is 2. The zero-order chi connectivity index (χ0) is 20.4. The van der Waals surface area contributed by atoms with E-state index in [4.69, 9.17) is 13.9 Å². The van der Waals surface area contributed by atoms with E-state index in [1.165, 1.54) is 10.8 Å². The third-order valence-corrected chi connectivity index (χ3v) is 9.86. The van der Waals surface area contributed by atoms with Crippen LogP contribution in [0, 0.1) is 6.92 Å². The van der Waals surface area contributed by atoms with Gasteiger partial charge in [0.1, 0.15) is 25.2 Å². The van der Waals surface area contributed by atoms with E-state index >= 15 is 0 Å². The molecular formula is C18H30N2O6Si. The van der Waals surface area contributed by atoms with Gasteiger partial charge in [0.25, 0.3) is 5.56 Å². The Balaban J connectivity index is 2.26. The van der Waals surface area contributed by atoms with Gasteiger partial charge < -0.3 is 18.7 Å². The van der Waals surface area contributed by atoms with Gasteiger partial charge in [-0.15, -0.1) is 0 Å². The summed E-state index contributed by atoms with van der Waals surface area (Å²) in [5, 5.41) is 0.0186. The van der Waals surface area contributed by atoms with E-state index in [0.717, 1.165) is 0 Å². The molecule has 0 radical (unpaired) electrons. The van der Waals surface area contributed by atoms with Crippen molar-refractivity contribution in [2.75, 3.05) is 13.2 Å². The van der Waals surface area contributed by atoms with Crippen molar-refractivity contribution in [3.63, 3.8) is 0 Å². The zero-order valence-corrected chi connectivity index (χ0v) is 17.9. The van der Waals surface area contributed by atoms with Crippen molar-refractivity contribution < 1.29 is 18.7 Å². The lowest BCUT2D eigenvalue weighted by Crippen LogP contribution is -2.46. The predicted octanol–water partition coefficient (Wildman–Crippen LogP) is 1.74. The molecule has 0 unspecified atom stereocenters. The van der Waals surface area contributed by atoms with Crippen molar-refractivity contribution in [2.45, 2.75) is 70.7 Å². The SMILES string of the molecule is Cc1cn([C@H]2C[C@H](O[Si](C)(C)C(C)(C)C)[C@@H](COCC=O)O2)c(=O)[nH]c1=O. The maximum Gasteiger partial charge on any atom is 0.330 e. The summed E-state index contributed by atoms with van der Waals surface area (Å²) >= 11 is 0. The molecule has 1 aromatic rings. The van der Waals surface area contributed by atoms with E-state index < -0.39 is 31.9 Å². The van der Waals surface area contributed by atoms with Crippen LogP contribution < -0.4 is 11.2 Å². The number of aromatic nitrogens is 2. The first-order valence-electron chi connectivity index (χ1n) is 9.13. The molecule has 0 spiro atoms. The minimum atomic E-state index is -2.07. The lowest BCUT2D eigenvalue weighted by Gasteiger charge is -2.39. The molecule has 8 nitrogen and oxygen atoms in total. The van der Waals surface area contributed by atoms with Crippen LogP contribution in [0.25, 0.3) is 0 Å². The van der Waals surface area contributed by atoms with Crippen LogP contribution in [-0.2, 0) is 18.7 Å². The summed E-state index contributed by atoms with van der Waals surface area (Å²) in [5.41, 5.74) is -0.494. The number of hydrogen-bond acceptors (Lipinski definition) is 6. The van der Waals surface area contributed by atoms with E-state index in [9.17, 15) is 14.4 Å². The number of nitrogens with zero attached hydrogens (tertiary/aromatic N) is 1. The van der Waals surface area contributed by atoms with E-state index in [0.29, 0.717) is 18.3 Å². The highest BCUT2D eigenvalue weighted by molar-refractivity contribution is 6.74. The molecule has 152 valence electrons. The van der Waals surface area contributed by atoms with Gasteiger partial charge in [0.2, 0.25) is 0 Å². The smallest absolute Gasteiger partial charge is 0.330 e. The predicted molar refractivity (Wildman–Crippen MR) is 104 cm³/mol. The molecule has 2 rings (SSSR count). The first-order chi connectivity index (χ1) is 12.5. The second-order valence-electron chi connectivity index (χ2n) is 8.46. The van der Waals surface area contributed by atoms with Crippen LogP contribution in [0.2, 0.25) is 18.1 Å². The van der Waals surface area contributed by atoms with Crippen LogP contribution in [0.4, 0.5) is 0 Å². The second-order valence-corrected chi connectivity index (χ2v) is 13.2. The highest BCUT2D eigenvalue weighted by Gasteiger charge is 2.45. The van der Waals surface area contributed by atoms with Crippen LogP contribution in [0.3, 0.4) is 0 Å². The average molecular weight is 399 g/mol. The Morgan fingerprint density at radius 2 is 2.04 bits per heavy atom. The fourth-order valence-electron chi connectivity index (χ4n) is 2.73. The van der Waals surface area contributed by atoms with Crippen molar-refractivity contribution >= 4 is 14.6 Å². The largest absolute Gasteiger partial charge is 0.411 e. The van der Waals surface area contributed by atoms with E-state index in [1.54, 1.807) is 6.92 Å². The number of nitrogens with one attached hydrogen (secondary N) is 1. The first kappa shape index (κ1) is 21.7. The molecule has 0 saturated carbocycles. The molecule has 3 atom stereocenters. The number of carbonyl (C=O) groups excluding carboxylic acids is 1. The van der Waals surface area contributed by atoms with Gasteiger partial charge in [-0.25, -0.2) is 4.79 Å². The highest BCUT2D eigenvalue weighted by Crippen LogP contribution is 2.40. The lowest BCUT2D eigenvalue weighted by molar-refractivity contribution is -0.114. The van der Waals surface area contributed by atoms with Gasteiger partial charge in [-0.05, 0) is 25.1 Å². The van der Waals surface area contributed by atoms with Gasteiger partial charge >= 0.3 is 5.69 Å². The van der Waals surface area contributed by atoms with Gasteiger partial charge in [0, 0.05) is 18.2 Å². The van der Waals surface area contributed by atoms with Crippen molar-refractivity contribution in [1.29, 1.82) is 0 Å². The Hall–Kier alpha value is -1.55. The Kier molecular flexibility index (Phi) is 6.62. The van der Waals surface area contributed by atoms with Crippen molar-refractivity contribution in [2.24, 2.45) is 0 Å². The number of hydrogen-bond donors (Lipinski definition) is 1. The highest BCUT2D eigenvalue weighted by atomic mass is 28.4. The van der Waals surface area contributed by atoms with E-state index in [1.807, 2.05) is 0 Å². The number of aldehydes is 1. The molecule has 9 heteroatoms. The minimum absolute atomic E-state index is 0.0186. The third-order valence-electron chi connectivity index (χ3n) is 5.36. The van der Waals surface area contributed by atoms with Gasteiger partial charge in [-0.3, -0.25) is 14.3 Å². The summed E-state index contributed by atoms with van der Waals surface area (Å²) in [7, 11) is -2.07. The van der Waals surface area contributed by atoms with Gasteiger partial charge in [0.15, 0.2) is 8.32 Å². The molecule has 0 bridgehead atoms. The monoisotopic (exact) mass is 398 g/mol. The third kappa shape index (κ3) is 5.04. The molecule has 1 N–H and O–H groups in total. The maximum absolute atomic E-state index is 12.2. The fraction of sp³-hybridized carbons (Fsp3) is 0.722. The molecule has 27 heavy (non-hydrogen) atoms. The van der Waals surface area contributed by atoms with Crippen molar-refractivity contribution in [1.82, 2.24) is 9.55 Å². The van der Waals surface area contributed by atoms with Gasteiger partial charge in [-0.2, -0.15) is 0 Å². The van der Waals surface area contributed by atoms with Gasteiger partial charge in [0.05, 0.1) is 12.7 Å². The molecular weight excluding hydrogens is 368 g/mol. The fourth-order valence-corrected chi connectivity index (χ4v) is 4.09. The summed E-state index contributed by atoms with van der Waals surface area (Å²) < 4.78 is 19.3. The Labute approximate surface area is 160 Å². The second kappa shape index (κ2) is 8.22. The van der Waals surface area contributed by atoms with Crippen molar-refractivity contribution in [3.8, 4) is 0 Å². The van der Waals surface area contributed by atoms with E-state index in [-0.39, 0.29) is 24.4 Å². The minimum Gasteiger partial charge on any atom is -0.411 e. The molecule has 1 aliphatic heterocycles. The summed E-state index contributed by atoms with van der Waals surface area (Å²) in [6.45, 7) is 12.6. The molecule has 1 aliphatic rings. The number of carbonyl (C=O) groups is 1. The molecule has 0 aliphatic carbocycles. The summed E-state index contributed by atoms with van der Waals surface area (Å²) in [6.07, 6.45) is 1.43. The average Bonchev–Trinajstić information content (AvgIpc) is 2.92. The molecule has 1 aromatic heterocycles. The maximum atomic E-state index is 12.2. The van der Waals surface area contributed by atoms with E-state index in [2.05, 4.69) is 38.8 Å². The Bertz CT molecular complexity index is 779. The number of H-pyrrole nitrogens is 1. The Morgan fingerprint density at radius 1 is 1.37 bits per heavy atom. The van der Waals surface area contributed by atoms with Crippen molar-refractivity contribution in [3.05, 3.63) is 32.6 Å². The van der Waals surface area contributed by atoms with Crippen LogP contribution in [-0.4, -0.2) is 49.6 Å². The standard InChI is InChI=1S/C18H30N2O6Si/c1-12-10-20(17(23)19-16(12)22)15-9-13(14(25-15)11-24-8-7-21)26-27(5,6)18(2,3)4/h7,10,13-15H,8-9,11H2,1-6H3,(H,19,22,23)/t13-,14+,15+/m0/s1. The van der Waals surface area contributed by atoms with Crippen LogP contribution in [0.5, 0.6) is 0 Å². The topological polar surface area (TPSA) is 99.6 Å². The zero-order valence-electron chi connectivity index (χ0n) is 16.9.